The van der Waals surface area contributed by atoms with E-state index in [9.17, 15) is 8.78 Å². The normalized spacial score (nSPS) is 10.4. The molecule has 6 heteroatoms. The Hall–Kier alpha value is -1.98. The first-order valence-corrected chi connectivity index (χ1v) is 3.71. The molecule has 1 aromatic carbocycles. The molecular formula is C8H5F2N3O. The largest absolute Gasteiger partial charge is 0.403 e. The number of rotatable bonds is 1. The Balaban J connectivity index is 2.52. The minimum Gasteiger partial charge on any atom is -0.403 e. The molecule has 0 aliphatic carbocycles. The summed E-state index contributed by atoms with van der Waals surface area (Å²) in [6.45, 7) is 0. The number of benzene rings is 1. The third kappa shape index (κ3) is 1.41. The first-order chi connectivity index (χ1) is 6.66. The second-order valence-electron chi connectivity index (χ2n) is 2.57. The minimum absolute atomic E-state index is 0.0237. The monoisotopic (exact) mass is 197 g/mol. The second-order valence-corrected chi connectivity index (χ2v) is 2.57. The van der Waals surface area contributed by atoms with Crippen LogP contribution in [0.3, 0.4) is 0 Å². The van der Waals surface area contributed by atoms with Crippen LogP contribution in [-0.4, -0.2) is 10.2 Å². The van der Waals surface area contributed by atoms with Crippen molar-refractivity contribution in [3.8, 4) is 11.5 Å². The molecule has 72 valence electrons. The van der Waals surface area contributed by atoms with Crippen LogP contribution in [0.4, 0.5) is 14.8 Å². The number of anilines is 1. The number of halogens is 2. The Morgan fingerprint density at radius 1 is 1.21 bits per heavy atom. The maximum Gasteiger partial charge on any atom is 0.313 e. The first kappa shape index (κ1) is 8.61. The van der Waals surface area contributed by atoms with E-state index in [1.54, 1.807) is 0 Å². The van der Waals surface area contributed by atoms with E-state index in [0.717, 1.165) is 12.1 Å². The maximum absolute atomic E-state index is 13.1. The summed E-state index contributed by atoms with van der Waals surface area (Å²) >= 11 is 0. The first-order valence-electron chi connectivity index (χ1n) is 3.71. The maximum atomic E-state index is 13.1. The number of nitrogen functional groups attached to an aromatic ring is 1. The van der Waals surface area contributed by atoms with Gasteiger partial charge in [-0.05, 0) is 12.1 Å². The fourth-order valence-electron chi connectivity index (χ4n) is 1.01. The predicted octanol–water partition coefficient (Wildman–Crippen LogP) is 1.60. The van der Waals surface area contributed by atoms with Crippen molar-refractivity contribution < 1.29 is 13.2 Å². The predicted molar refractivity (Wildman–Crippen MR) is 44.1 cm³/mol. The third-order valence-electron chi connectivity index (χ3n) is 1.60. The molecule has 0 atom stereocenters. The number of nitrogens with two attached hydrogens (primary N) is 1. The topological polar surface area (TPSA) is 64.9 Å². The molecule has 0 fully saturated rings. The highest BCUT2D eigenvalue weighted by Crippen LogP contribution is 2.22. The quantitative estimate of drug-likeness (QED) is 0.753. The van der Waals surface area contributed by atoms with Gasteiger partial charge in [-0.1, -0.05) is 5.10 Å². The van der Waals surface area contributed by atoms with Gasteiger partial charge in [0.1, 0.15) is 11.6 Å². The number of hydrogen-bond acceptors (Lipinski definition) is 4. The summed E-state index contributed by atoms with van der Waals surface area (Å²) in [5.74, 6) is -1.51. The van der Waals surface area contributed by atoms with Crippen molar-refractivity contribution in [3.63, 3.8) is 0 Å². The average molecular weight is 197 g/mol. The van der Waals surface area contributed by atoms with Gasteiger partial charge in [0.2, 0.25) is 0 Å². The van der Waals surface area contributed by atoms with Crippen LogP contribution in [0.1, 0.15) is 0 Å². The molecule has 2 N–H and O–H groups in total. The minimum atomic E-state index is -0.770. The van der Waals surface area contributed by atoms with Crippen LogP contribution in [0.5, 0.6) is 0 Å². The Morgan fingerprint density at radius 3 is 2.57 bits per heavy atom. The zero-order chi connectivity index (χ0) is 10.1. The highest BCUT2D eigenvalue weighted by atomic mass is 19.1. The van der Waals surface area contributed by atoms with Crippen molar-refractivity contribution in [2.24, 2.45) is 0 Å². The van der Waals surface area contributed by atoms with Crippen molar-refractivity contribution in [2.75, 3.05) is 5.73 Å². The van der Waals surface area contributed by atoms with Crippen molar-refractivity contribution >= 4 is 6.01 Å². The van der Waals surface area contributed by atoms with E-state index < -0.39 is 11.6 Å². The van der Waals surface area contributed by atoms with Crippen molar-refractivity contribution in [1.82, 2.24) is 10.2 Å². The van der Waals surface area contributed by atoms with Gasteiger partial charge in [-0.25, -0.2) is 8.78 Å². The molecule has 1 heterocycles. The van der Waals surface area contributed by atoms with Crippen LogP contribution in [-0.2, 0) is 0 Å². The SMILES string of the molecule is Nc1nnc(-c2ccc(F)cc2F)o1. The number of aromatic nitrogens is 2. The van der Waals surface area contributed by atoms with Crippen LogP contribution >= 0.6 is 0 Å². The van der Waals surface area contributed by atoms with Crippen LogP contribution < -0.4 is 5.73 Å². The molecule has 1 aromatic heterocycles. The molecule has 2 aromatic rings. The molecule has 0 saturated carbocycles. The van der Waals surface area contributed by atoms with Gasteiger partial charge in [0, 0.05) is 6.07 Å². The molecule has 0 spiro atoms. The van der Waals surface area contributed by atoms with Gasteiger partial charge in [0.15, 0.2) is 0 Å². The Labute approximate surface area is 77.4 Å². The van der Waals surface area contributed by atoms with Crippen molar-refractivity contribution in [1.29, 1.82) is 0 Å². The summed E-state index contributed by atoms with van der Waals surface area (Å²) in [6.07, 6.45) is 0. The molecular weight excluding hydrogens is 192 g/mol. The van der Waals surface area contributed by atoms with Crippen LogP contribution in [0.15, 0.2) is 22.6 Å². The standard InChI is InChI=1S/C8H5F2N3O/c9-4-1-2-5(6(10)3-4)7-12-13-8(11)14-7/h1-3H,(H2,11,13). The zero-order valence-corrected chi connectivity index (χ0v) is 6.87. The lowest BCUT2D eigenvalue weighted by molar-refractivity contribution is 0.563. The Kier molecular flexibility index (Phi) is 1.88. The van der Waals surface area contributed by atoms with Gasteiger partial charge in [-0.2, -0.15) is 0 Å². The molecule has 0 saturated heterocycles. The second kappa shape index (κ2) is 3.06. The Morgan fingerprint density at radius 2 is 2.00 bits per heavy atom. The fraction of sp³-hybridized carbons (Fsp3) is 0. The molecule has 4 nitrogen and oxygen atoms in total. The summed E-state index contributed by atoms with van der Waals surface area (Å²) in [4.78, 5) is 0. The average Bonchev–Trinajstić information content (AvgIpc) is 2.51. The molecule has 0 unspecified atom stereocenters. The van der Waals surface area contributed by atoms with Crippen molar-refractivity contribution in [3.05, 3.63) is 29.8 Å². The summed E-state index contributed by atoms with van der Waals surface area (Å²) in [5, 5.41) is 6.83. The van der Waals surface area contributed by atoms with Crippen molar-refractivity contribution in [2.45, 2.75) is 0 Å². The van der Waals surface area contributed by atoms with E-state index in [1.807, 2.05) is 0 Å². The molecule has 0 bridgehead atoms. The lowest BCUT2D eigenvalue weighted by Gasteiger charge is -1.96. The van der Waals surface area contributed by atoms with Gasteiger partial charge >= 0.3 is 6.01 Å². The van der Waals surface area contributed by atoms with Crippen LogP contribution in [0, 0.1) is 11.6 Å². The lowest BCUT2D eigenvalue weighted by atomic mass is 10.2. The van der Waals surface area contributed by atoms with Gasteiger partial charge in [0.25, 0.3) is 5.89 Å². The highest BCUT2D eigenvalue weighted by molar-refractivity contribution is 5.53. The van der Waals surface area contributed by atoms with Gasteiger partial charge in [-0.3, -0.25) is 0 Å². The van der Waals surface area contributed by atoms with Gasteiger partial charge in [0.05, 0.1) is 5.56 Å². The molecule has 0 amide bonds. The summed E-state index contributed by atoms with van der Waals surface area (Å²) in [5.41, 5.74) is 5.18. The van der Waals surface area contributed by atoms with E-state index in [2.05, 4.69) is 10.2 Å². The summed E-state index contributed by atoms with van der Waals surface area (Å²) in [7, 11) is 0. The lowest BCUT2D eigenvalue weighted by Crippen LogP contribution is -1.86. The van der Waals surface area contributed by atoms with E-state index in [-0.39, 0.29) is 17.5 Å². The highest BCUT2D eigenvalue weighted by Gasteiger charge is 2.12. The molecule has 2 rings (SSSR count). The molecule has 14 heavy (non-hydrogen) atoms. The fourth-order valence-corrected chi connectivity index (χ4v) is 1.01. The van der Waals surface area contributed by atoms with Crippen LogP contribution in [0.2, 0.25) is 0 Å². The summed E-state index contributed by atoms with van der Waals surface area (Å²) in [6, 6.07) is 2.87. The van der Waals surface area contributed by atoms with Gasteiger partial charge < -0.3 is 10.2 Å². The summed E-state index contributed by atoms with van der Waals surface area (Å²) < 4.78 is 30.5. The van der Waals surface area contributed by atoms with E-state index >= 15 is 0 Å². The Bertz CT molecular complexity index is 469. The zero-order valence-electron chi connectivity index (χ0n) is 6.87. The van der Waals surface area contributed by atoms with E-state index in [4.69, 9.17) is 10.2 Å². The number of nitrogens with zero attached hydrogens (tertiary/aromatic N) is 2. The smallest absolute Gasteiger partial charge is 0.313 e. The van der Waals surface area contributed by atoms with E-state index in [0.29, 0.717) is 0 Å². The van der Waals surface area contributed by atoms with E-state index in [1.165, 1.54) is 6.07 Å². The third-order valence-corrected chi connectivity index (χ3v) is 1.60. The van der Waals surface area contributed by atoms with Crippen LogP contribution in [0.25, 0.3) is 11.5 Å². The number of hydrogen-bond donors (Lipinski definition) is 1. The molecule has 0 aliphatic rings. The molecule has 0 radical (unpaired) electrons. The van der Waals surface area contributed by atoms with Gasteiger partial charge in [-0.15, -0.1) is 5.10 Å². The molecule has 0 aliphatic heterocycles.